The molecule has 0 heterocycles. The van der Waals surface area contributed by atoms with E-state index < -0.39 is 0 Å². The van der Waals surface area contributed by atoms with Crippen molar-refractivity contribution in [2.45, 2.75) is 19.4 Å². The Balaban J connectivity index is 2.55. The highest BCUT2D eigenvalue weighted by molar-refractivity contribution is 5.89. The van der Waals surface area contributed by atoms with Crippen molar-refractivity contribution in [2.24, 2.45) is 5.73 Å². The van der Waals surface area contributed by atoms with Crippen LogP contribution in [0.1, 0.15) is 13.3 Å². The Hall–Kier alpha value is -1.75. The standard InChI is InChI=1S/C12H19N3O2/c1-3-9(8-13)14-12(16)15-10-5-4-6-11(7-10)17-2/h4-7,9H,3,8,13H2,1-2H3,(H2,14,15,16). The van der Waals surface area contributed by atoms with Gasteiger partial charge >= 0.3 is 6.03 Å². The average Bonchev–Trinajstić information content (AvgIpc) is 2.36. The first-order valence-electron chi connectivity index (χ1n) is 5.61. The number of ether oxygens (including phenoxy) is 1. The Morgan fingerprint density at radius 2 is 2.29 bits per heavy atom. The third kappa shape index (κ3) is 4.32. The predicted octanol–water partition coefficient (Wildman–Crippen LogP) is 1.55. The summed E-state index contributed by atoms with van der Waals surface area (Å²) < 4.78 is 5.07. The number of rotatable bonds is 5. The van der Waals surface area contributed by atoms with Crippen LogP contribution in [0.25, 0.3) is 0 Å². The van der Waals surface area contributed by atoms with Crippen LogP contribution in [0.15, 0.2) is 24.3 Å². The van der Waals surface area contributed by atoms with E-state index in [0.29, 0.717) is 18.0 Å². The number of nitrogens with two attached hydrogens (primary N) is 1. The molecule has 1 aromatic carbocycles. The summed E-state index contributed by atoms with van der Waals surface area (Å²) in [7, 11) is 1.58. The molecule has 5 heteroatoms. The van der Waals surface area contributed by atoms with Gasteiger partial charge in [-0.3, -0.25) is 0 Å². The highest BCUT2D eigenvalue weighted by atomic mass is 16.5. The zero-order valence-corrected chi connectivity index (χ0v) is 10.2. The van der Waals surface area contributed by atoms with Crippen molar-refractivity contribution in [3.05, 3.63) is 24.3 Å². The Morgan fingerprint density at radius 1 is 1.53 bits per heavy atom. The largest absolute Gasteiger partial charge is 0.497 e. The maximum absolute atomic E-state index is 11.6. The molecule has 17 heavy (non-hydrogen) atoms. The maximum Gasteiger partial charge on any atom is 0.319 e. The number of urea groups is 1. The minimum atomic E-state index is -0.254. The van der Waals surface area contributed by atoms with Gasteiger partial charge in [-0.05, 0) is 18.6 Å². The van der Waals surface area contributed by atoms with E-state index in [1.54, 1.807) is 19.2 Å². The molecule has 94 valence electrons. The van der Waals surface area contributed by atoms with Crippen molar-refractivity contribution in [2.75, 3.05) is 19.0 Å². The lowest BCUT2D eigenvalue weighted by atomic mass is 10.2. The van der Waals surface area contributed by atoms with E-state index in [-0.39, 0.29) is 12.1 Å². The lowest BCUT2D eigenvalue weighted by Crippen LogP contribution is -2.41. The molecule has 0 aromatic heterocycles. The number of hydrogen-bond donors (Lipinski definition) is 3. The van der Waals surface area contributed by atoms with Gasteiger partial charge in [0.2, 0.25) is 0 Å². The molecule has 1 rings (SSSR count). The van der Waals surface area contributed by atoms with Gasteiger partial charge in [0.05, 0.1) is 7.11 Å². The van der Waals surface area contributed by atoms with Gasteiger partial charge in [-0.25, -0.2) is 4.79 Å². The molecule has 0 saturated heterocycles. The van der Waals surface area contributed by atoms with Crippen LogP contribution in [0, 0.1) is 0 Å². The second-order valence-electron chi connectivity index (χ2n) is 3.67. The van der Waals surface area contributed by atoms with Crippen molar-refractivity contribution < 1.29 is 9.53 Å². The number of nitrogens with one attached hydrogen (secondary N) is 2. The van der Waals surface area contributed by atoms with Crippen LogP contribution in [0.3, 0.4) is 0 Å². The third-order valence-corrected chi connectivity index (χ3v) is 2.44. The molecule has 1 aromatic rings. The predicted molar refractivity (Wildman–Crippen MR) is 68.3 cm³/mol. The summed E-state index contributed by atoms with van der Waals surface area (Å²) in [6, 6.07) is 6.93. The Labute approximate surface area is 101 Å². The molecule has 1 atom stereocenters. The van der Waals surface area contributed by atoms with Gasteiger partial charge in [0.25, 0.3) is 0 Å². The monoisotopic (exact) mass is 237 g/mol. The minimum absolute atomic E-state index is 0.000563. The van der Waals surface area contributed by atoms with Crippen LogP contribution in [-0.4, -0.2) is 25.7 Å². The quantitative estimate of drug-likeness (QED) is 0.727. The van der Waals surface area contributed by atoms with Crippen molar-refractivity contribution in [1.82, 2.24) is 5.32 Å². The third-order valence-electron chi connectivity index (χ3n) is 2.44. The van der Waals surface area contributed by atoms with Crippen molar-refractivity contribution in [3.8, 4) is 5.75 Å². The van der Waals surface area contributed by atoms with Gasteiger partial charge < -0.3 is 21.1 Å². The molecule has 0 saturated carbocycles. The molecule has 0 aliphatic heterocycles. The first-order valence-corrected chi connectivity index (χ1v) is 5.61. The number of benzene rings is 1. The van der Waals surface area contributed by atoms with Crippen LogP contribution >= 0.6 is 0 Å². The molecule has 0 aliphatic carbocycles. The summed E-state index contributed by atoms with van der Waals surface area (Å²) in [5.41, 5.74) is 6.20. The lowest BCUT2D eigenvalue weighted by Gasteiger charge is -2.15. The topological polar surface area (TPSA) is 76.4 Å². The SMILES string of the molecule is CCC(CN)NC(=O)Nc1cccc(OC)c1. The molecule has 2 amide bonds. The highest BCUT2D eigenvalue weighted by Gasteiger charge is 2.08. The minimum Gasteiger partial charge on any atom is -0.497 e. The average molecular weight is 237 g/mol. The van der Waals surface area contributed by atoms with Gasteiger partial charge in [-0.1, -0.05) is 13.0 Å². The first kappa shape index (κ1) is 13.3. The van der Waals surface area contributed by atoms with E-state index in [4.69, 9.17) is 10.5 Å². The molecule has 0 fully saturated rings. The van der Waals surface area contributed by atoms with E-state index in [9.17, 15) is 4.79 Å². The number of amides is 2. The number of methoxy groups -OCH3 is 1. The lowest BCUT2D eigenvalue weighted by molar-refractivity contribution is 0.248. The molecule has 0 aliphatic rings. The van der Waals surface area contributed by atoms with Gasteiger partial charge in [0, 0.05) is 24.3 Å². The van der Waals surface area contributed by atoms with Crippen LogP contribution in [0.4, 0.5) is 10.5 Å². The van der Waals surface area contributed by atoms with Gasteiger partial charge in [0.1, 0.15) is 5.75 Å². The zero-order valence-electron chi connectivity index (χ0n) is 10.2. The van der Waals surface area contributed by atoms with Crippen molar-refractivity contribution in [3.63, 3.8) is 0 Å². The highest BCUT2D eigenvalue weighted by Crippen LogP contribution is 2.16. The fourth-order valence-corrected chi connectivity index (χ4v) is 1.38. The normalized spacial score (nSPS) is 11.7. The zero-order chi connectivity index (χ0) is 12.7. The van der Waals surface area contributed by atoms with Crippen molar-refractivity contribution >= 4 is 11.7 Å². The van der Waals surface area contributed by atoms with Gasteiger partial charge in [0.15, 0.2) is 0 Å². The fraction of sp³-hybridized carbons (Fsp3) is 0.417. The second-order valence-corrected chi connectivity index (χ2v) is 3.67. The summed E-state index contributed by atoms with van der Waals surface area (Å²) in [4.78, 5) is 11.6. The summed E-state index contributed by atoms with van der Waals surface area (Å²) in [6.07, 6.45) is 0.808. The van der Waals surface area contributed by atoms with Crippen LogP contribution in [0.5, 0.6) is 5.75 Å². The Kier molecular flexibility index (Phi) is 5.29. The maximum atomic E-state index is 11.6. The summed E-state index contributed by atoms with van der Waals surface area (Å²) in [6.45, 7) is 2.41. The number of carbonyl (C=O) groups is 1. The van der Waals surface area contributed by atoms with E-state index in [1.165, 1.54) is 0 Å². The van der Waals surface area contributed by atoms with Crippen LogP contribution < -0.4 is 21.1 Å². The molecule has 5 nitrogen and oxygen atoms in total. The van der Waals surface area contributed by atoms with Gasteiger partial charge in [-0.2, -0.15) is 0 Å². The molecule has 0 radical (unpaired) electrons. The second kappa shape index (κ2) is 6.75. The first-order chi connectivity index (χ1) is 8.19. The van der Waals surface area contributed by atoms with Crippen LogP contribution in [0.2, 0.25) is 0 Å². The summed E-state index contributed by atoms with van der Waals surface area (Å²) in [5.74, 6) is 0.702. The van der Waals surface area contributed by atoms with E-state index in [1.807, 2.05) is 19.1 Å². The number of carbonyl (C=O) groups excluding carboxylic acids is 1. The molecule has 0 spiro atoms. The van der Waals surface area contributed by atoms with E-state index in [0.717, 1.165) is 6.42 Å². The molecule has 4 N–H and O–H groups in total. The van der Waals surface area contributed by atoms with E-state index in [2.05, 4.69) is 10.6 Å². The molecule has 0 bridgehead atoms. The number of anilines is 1. The van der Waals surface area contributed by atoms with Crippen LogP contribution in [-0.2, 0) is 0 Å². The van der Waals surface area contributed by atoms with E-state index >= 15 is 0 Å². The number of hydrogen-bond acceptors (Lipinski definition) is 3. The summed E-state index contributed by atoms with van der Waals surface area (Å²) in [5, 5.41) is 5.52. The summed E-state index contributed by atoms with van der Waals surface area (Å²) >= 11 is 0. The van der Waals surface area contributed by atoms with Crippen molar-refractivity contribution in [1.29, 1.82) is 0 Å². The molecule has 1 unspecified atom stereocenters. The Bertz CT molecular complexity index is 365. The van der Waals surface area contributed by atoms with Gasteiger partial charge in [-0.15, -0.1) is 0 Å². The Morgan fingerprint density at radius 3 is 2.88 bits per heavy atom. The molecular weight excluding hydrogens is 218 g/mol. The fourth-order valence-electron chi connectivity index (χ4n) is 1.38. The molecular formula is C12H19N3O2. The smallest absolute Gasteiger partial charge is 0.319 e.